The number of pyridine rings is 1. The Labute approximate surface area is 132 Å². The Morgan fingerprint density at radius 3 is 2.77 bits per heavy atom. The monoisotopic (exact) mass is 312 g/mol. The molecule has 0 unspecified atom stereocenters. The summed E-state index contributed by atoms with van der Waals surface area (Å²) in [6, 6.07) is 13.4. The molecule has 0 saturated heterocycles. The van der Waals surface area contributed by atoms with Crippen molar-refractivity contribution < 1.29 is 4.79 Å². The highest BCUT2D eigenvalue weighted by Crippen LogP contribution is 2.10. The van der Waals surface area contributed by atoms with Gasteiger partial charge in [0.05, 0.1) is 6.54 Å². The van der Waals surface area contributed by atoms with Crippen molar-refractivity contribution in [3.8, 4) is 0 Å². The van der Waals surface area contributed by atoms with E-state index in [2.05, 4.69) is 21.8 Å². The zero-order valence-corrected chi connectivity index (χ0v) is 13.0. The smallest absolute Gasteiger partial charge is 0.251 e. The van der Waals surface area contributed by atoms with Gasteiger partial charge in [0.1, 0.15) is 0 Å². The van der Waals surface area contributed by atoms with Crippen molar-refractivity contribution in [2.75, 3.05) is 6.26 Å². The maximum atomic E-state index is 12.2. The molecule has 2 aromatic heterocycles. The normalized spacial score (nSPS) is 10.8. The third-order valence-corrected chi connectivity index (χ3v) is 3.94. The van der Waals surface area contributed by atoms with Crippen LogP contribution in [0.25, 0.3) is 5.65 Å². The van der Waals surface area contributed by atoms with Crippen LogP contribution in [-0.4, -0.2) is 26.8 Å². The van der Waals surface area contributed by atoms with Gasteiger partial charge in [-0.05, 0) is 36.1 Å². The summed E-state index contributed by atoms with van der Waals surface area (Å²) in [5.74, 6) is 1.56. The van der Waals surface area contributed by atoms with E-state index in [1.54, 1.807) is 11.8 Å². The van der Waals surface area contributed by atoms with E-state index in [0.717, 1.165) is 11.4 Å². The molecule has 0 aliphatic carbocycles. The van der Waals surface area contributed by atoms with Gasteiger partial charge in [-0.15, -0.1) is 10.2 Å². The minimum Gasteiger partial charge on any atom is -0.345 e. The zero-order valence-electron chi connectivity index (χ0n) is 12.2. The first-order valence-corrected chi connectivity index (χ1v) is 8.32. The second-order valence-electron chi connectivity index (χ2n) is 4.86. The minimum atomic E-state index is -0.108. The molecule has 1 amide bonds. The van der Waals surface area contributed by atoms with Crippen LogP contribution in [0, 0.1) is 0 Å². The van der Waals surface area contributed by atoms with Crippen molar-refractivity contribution in [2.24, 2.45) is 0 Å². The molecule has 0 atom stereocenters. The lowest BCUT2D eigenvalue weighted by atomic mass is 10.1. The first kappa shape index (κ1) is 14.6. The summed E-state index contributed by atoms with van der Waals surface area (Å²) in [5, 5.41) is 11.0. The summed E-state index contributed by atoms with van der Waals surface area (Å²) >= 11 is 1.76. The molecule has 22 heavy (non-hydrogen) atoms. The van der Waals surface area contributed by atoms with Crippen LogP contribution in [0.1, 0.15) is 21.7 Å². The molecular weight excluding hydrogens is 296 g/mol. The van der Waals surface area contributed by atoms with Crippen molar-refractivity contribution in [1.29, 1.82) is 0 Å². The van der Waals surface area contributed by atoms with Gasteiger partial charge in [-0.1, -0.05) is 18.2 Å². The van der Waals surface area contributed by atoms with Gasteiger partial charge in [-0.2, -0.15) is 11.8 Å². The Kier molecular flexibility index (Phi) is 4.39. The maximum Gasteiger partial charge on any atom is 0.251 e. The van der Waals surface area contributed by atoms with E-state index in [1.807, 2.05) is 53.1 Å². The Morgan fingerprint density at radius 2 is 2.00 bits per heavy atom. The lowest BCUT2D eigenvalue weighted by Gasteiger charge is -2.05. The number of carbonyl (C=O) groups excluding carboxylic acids is 1. The summed E-state index contributed by atoms with van der Waals surface area (Å²) in [7, 11) is 0. The predicted molar refractivity (Wildman–Crippen MR) is 87.8 cm³/mol. The van der Waals surface area contributed by atoms with Gasteiger partial charge in [0, 0.05) is 17.5 Å². The number of nitrogens with zero attached hydrogens (tertiary/aromatic N) is 3. The molecule has 5 nitrogen and oxygen atoms in total. The van der Waals surface area contributed by atoms with Crippen LogP contribution in [0.15, 0.2) is 48.7 Å². The highest BCUT2D eigenvalue weighted by atomic mass is 32.2. The third-order valence-electron chi connectivity index (χ3n) is 3.32. The van der Waals surface area contributed by atoms with Gasteiger partial charge in [-0.3, -0.25) is 9.20 Å². The van der Waals surface area contributed by atoms with Crippen molar-refractivity contribution in [2.45, 2.75) is 12.3 Å². The Morgan fingerprint density at radius 1 is 1.18 bits per heavy atom. The maximum absolute atomic E-state index is 12.2. The molecule has 2 heterocycles. The topological polar surface area (TPSA) is 59.3 Å². The molecule has 0 bridgehead atoms. The van der Waals surface area contributed by atoms with Crippen molar-refractivity contribution in [3.63, 3.8) is 0 Å². The van der Waals surface area contributed by atoms with E-state index in [-0.39, 0.29) is 5.91 Å². The summed E-state index contributed by atoms with van der Waals surface area (Å²) in [6.07, 6.45) is 3.94. The number of rotatable bonds is 5. The molecule has 0 saturated carbocycles. The van der Waals surface area contributed by atoms with Gasteiger partial charge in [0.15, 0.2) is 11.5 Å². The van der Waals surface area contributed by atoms with Gasteiger partial charge in [-0.25, -0.2) is 0 Å². The molecule has 0 aliphatic rings. The Bertz CT molecular complexity index is 782. The molecule has 6 heteroatoms. The quantitative estimate of drug-likeness (QED) is 0.786. The van der Waals surface area contributed by atoms with E-state index in [1.165, 1.54) is 5.56 Å². The summed E-state index contributed by atoms with van der Waals surface area (Å²) in [4.78, 5) is 12.2. The Balaban J connectivity index is 1.67. The fraction of sp³-hybridized carbons (Fsp3) is 0.188. The van der Waals surface area contributed by atoms with Gasteiger partial charge < -0.3 is 5.32 Å². The molecule has 1 N–H and O–H groups in total. The number of fused-ring (bicyclic) bond motifs is 1. The number of hydrogen-bond donors (Lipinski definition) is 1. The van der Waals surface area contributed by atoms with Crippen molar-refractivity contribution in [1.82, 2.24) is 19.9 Å². The first-order chi connectivity index (χ1) is 10.8. The molecule has 0 fully saturated rings. The number of benzene rings is 1. The van der Waals surface area contributed by atoms with Crippen LogP contribution < -0.4 is 5.32 Å². The van der Waals surface area contributed by atoms with Gasteiger partial charge >= 0.3 is 0 Å². The molecule has 3 rings (SSSR count). The average molecular weight is 312 g/mol. The SMILES string of the molecule is CSCc1ccc(C(=O)NCc2nnc3ccccn23)cc1. The van der Waals surface area contributed by atoms with E-state index in [0.29, 0.717) is 17.9 Å². The number of thioether (sulfide) groups is 1. The van der Waals surface area contributed by atoms with Gasteiger partial charge in [0.2, 0.25) is 0 Å². The van der Waals surface area contributed by atoms with Crippen molar-refractivity contribution >= 4 is 23.3 Å². The van der Waals surface area contributed by atoms with Crippen LogP contribution in [0.4, 0.5) is 0 Å². The molecule has 0 aliphatic heterocycles. The van der Waals surface area contributed by atoms with Crippen LogP contribution in [0.5, 0.6) is 0 Å². The fourth-order valence-electron chi connectivity index (χ4n) is 2.19. The summed E-state index contributed by atoms with van der Waals surface area (Å²) in [5.41, 5.74) is 2.64. The summed E-state index contributed by atoms with van der Waals surface area (Å²) < 4.78 is 1.86. The van der Waals surface area contributed by atoms with E-state index in [9.17, 15) is 4.79 Å². The van der Waals surface area contributed by atoms with Crippen molar-refractivity contribution in [3.05, 3.63) is 65.6 Å². The second-order valence-corrected chi connectivity index (χ2v) is 5.72. The fourth-order valence-corrected chi connectivity index (χ4v) is 2.72. The Hall–Kier alpha value is -2.34. The first-order valence-electron chi connectivity index (χ1n) is 6.92. The molecular formula is C16H16N4OS. The van der Waals surface area contributed by atoms with E-state index >= 15 is 0 Å². The number of nitrogens with one attached hydrogen (secondary N) is 1. The van der Waals surface area contributed by atoms with E-state index in [4.69, 9.17) is 0 Å². The van der Waals surface area contributed by atoms with Crippen LogP contribution in [0.3, 0.4) is 0 Å². The highest BCUT2D eigenvalue weighted by Gasteiger charge is 2.08. The second kappa shape index (κ2) is 6.62. The standard InChI is InChI=1S/C16H16N4OS/c1-22-11-12-5-7-13(8-6-12)16(21)17-10-15-19-18-14-4-2-3-9-20(14)15/h2-9H,10-11H2,1H3,(H,17,21). The van der Waals surface area contributed by atoms with E-state index < -0.39 is 0 Å². The average Bonchev–Trinajstić information content (AvgIpc) is 2.97. The predicted octanol–water partition coefficient (Wildman–Crippen LogP) is 2.52. The number of aromatic nitrogens is 3. The number of hydrogen-bond acceptors (Lipinski definition) is 4. The molecule has 112 valence electrons. The lowest BCUT2D eigenvalue weighted by molar-refractivity contribution is 0.0950. The van der Waals surface area contributed by atoms with Crippen LogP contribution in [0.2, 0.25) is 0 Å². The highest BCUT2D eigenvalue weighted by molar-refractivity contribution is 7.97. The summed E-state index contributed by atoms with van der Waals surface area (Å²) in [6.45, 7) is 0.344. The van der Waals surface area contributed by atoms with Crippen LogP contribution in [-0.2, 0) is 12.3 Å². The molecule has 0 spiro atoms. The van der Waals surface area contributed by atoms with Crippen LogP contribution >= 0.6 is 11.8 Å². The zero-order chi connectivity index (χ0) is 15.4. The molecule has 1 aromatic carbocycles. The largest absolute Gasteiger partial charge is 0.345 e. The molecule has 3 aromatic rings. The minimum absolute atomic E-state index is 0.108. The van der Waals surface area contributed by atoms with Gasteiger partial charge in [0.25, 0.3) is 5.91 Å². The third kappa shape index (κ3) is 3.12. The molecule has 0 radical (unpaired) electrons. The lowest BCUT2D eigenvalue weighted by Crippen LogP contribution is -2.23. The number of carbonyl (C=O) groups is 1. The number of amides is 1.